The van der Waals surface area contributed by atoms with Crippen LogP contribution in [0.3, 0.4) is 0 Å². The Morgan fingerprint density at radius 1 is 1.16 bits per heavy atom. The van der Waals surface area contributed by atoms with Crippen LogP contribution in [0.15, 0.2) is 70.2 Å². The standard InChI is InChI=1S/C20H11Cl3N4O4/c21-20(22,23)17-16(19-26-13-3-1-2-4-14(13)30-19)15(12(9-24)18(25)31-17)10-5-7-11(8-6-10)27(28)29/h1-8,15H,25H2/t15-/m1/s1. The lowest BCUT2D eigenvalue weighted by molar-refractivity contribution is -0.384. The molecule has 2 heterocycles. The van der Waals surface area contributed by atoms with Crippen LogP contribution in [-0.2, 0) is 4.74 Å². The van der Waals surface area contributed by atoms with Gasteiger partial charge in [-0.15, -0.1) is 0 Å². The van der Waals surface area contributed by atoms with Crippen molar-refractivity contribution in [2.75, 3.05) is 0 Å². The van der Waals surface area contributed by atoms with Crippen LogP contribution in [0.1, 0.15) is 17.4 Å². The first-order valence-electron chi connectivity index (χ1n) is 8.70. The number of nitriles is 1. The fourth-order valence-corrected chi connectivity index (χ4v) is 3.72. The highest BCUT2D eigenvalue weighted by molar-refractivity contribution is 6.69. The van der Waals surface area contributed by atoms with E-state index in [2.05, 4.69) is 4.98 Å². The van der Waals surface area contributed by atoms with Crippen molar-refractivity contribution in [3.05, 3.63) is 87.3 Å². The molecule has 2 aromatic carbocycles. The maximum Gasteiger partial charge on any atom is 0.269 e. The van der Waals surface area contributed by atoms with E-state index in [0.717, 1.165) is 0 Å². The van der Waals surface area contributed by atoms with E-state index in [1.54, 1.807) is 24.3 Å². The number of benzene rings is 2. The predicted molar refractivity (Wildman–Crippen MR) is 115 cm³/mol. The van der Waals surface area contributed by atoms with Crippen molar-refractivity contribution >= 4 is 57.2 Å². The molecule has 0 fully saturated rings. The Morgan fingerprint density at radius 2 is 1.84 bits per heavy atom. The molecule has 0 spiro atoms. The van der Waals surface area contributed by atoms with E-state index in [0.29, 0.717) is 16.7 Å². The van der Waals surface area contributed by atoms with Gasteiger partial charge in [0.05, 0.1) is 16.4 Å². The molecule has 11 heteroatoms. The number of aromatic nitrogens is 1. The Bertz CT molecular complexity index is 1270. The minimum absolute atomic E-state index is 0.0177. The molecule has 4 rings (SSSR count). The van der Waals surface area contributed by atoms with E-state index >= 15 is 0 Å². The van der Waals surface area contributed by atoms with Gasteiger partial charge in [-0.1, -0.05) is 59.1 Å². The summed E-state index contributed by atoms with van der Waals surface area (Å²) in [4.78, 5) is 15.0. The average Bonchev–Trinajstić information content (AvgIpc) is 3.16. The highest BCUT2D eigenvalue weighted by Gasteiger charge is 2.43. The SMILES string of the molecule is N#CC1=C(N)OC(C(Cl)(Cl)Cl)=C(c2nc3ccccc3o2)[C@@H]1c1ccc([N+](=O)[O-])cc1. The number of fused-ring (bicyclic) bond motifs is 1. The van der Waals surface area contributed by atoms with Crippen LogP contribution >= 0.6 is 34.8 Å². The second kappa shape index (κ2) is 7.78. The van der Waals surface area contributed by atoms with Gasteiger partial charge < -0.3 is 14.9 Å². The Hall–Kier alpha value is -3.25. The number of nitrogens with two attached hydrogens (primary N) is 1. The van der Waals surface area contributed by atoms with Crippen LogP contribution in [0.4, 0.5) is 5.69 Å². The minimum atomic E-state index is -2.07. The molecule has 0 aliphatic carbocycles. The number of hydrogen-bond donors (Lipinski definition) is 1. The lowest BCUT2D eigenvalue weighted by Gasteiger charge is -2.30. The summed E-state index contributed by atoms with van der Waals surface area (Å²) in [6.07, 6.45) is 0. The number of hydrogen-bond acceptors (Lipinski definition) is 7. The monoisotopic (exact) mass is 476 g/mol. The number of nitro groups is 1. The second-order valence-corrected chi connectivity index (χ2v) is 8.78. The number of nitrogens with zero attached hydrogens (tertiary/aromatic N) is 3. The summed E-state index contributed by atoms with van der Waals surface area (Å²) in [5.74, 6) is -1.28. The fourth-order valence-electron chi connectivity index (χ4n) is 3.30. The van der Waals surface area contributed by atoms with E-state index in [1.165, 1.54) is 24.3 Å². The molecular weight excluding hydrogens is 467 g/mol. The number of nitro benzene ring substituents is 1. The van der Waals surface area contributed by atoms with E-state index in [-0.39, 0.29) is 34.4 Å². The summed E-state index contributed by atoms with van der Waals surface area (Å²) in [5.41, 5.74) is 7.51. The molecule has 0 unspecified atom stereocenters. The number of ether oxygens (including phenoxy) is 1. The molecule has 3 aromatic rings. The van der Waals surface area contributed by atoms with Crippen LogP contribution in [-0.4, -0.2) is 13.7 Å². The topological polar surface area (TPSA) is 128 Å². The number of oxazole rings is 1. The van der Waals surface area contributed by atoms with Crippen molar-refractivity contribution in [2.24, 2.45) is 5.73 Å². The van der Waals surface area contributed by atoms with Crippen molar-refractivity contribution in [1.82, 2.24) is 4.98 Å². The third-order valence-electron chi connectivity index (χ3n) is 4.64. The molecule has 2 N–H and O–H groups in total. The summed E-state index contributed by atoms with van der Waals surface area (Å²) < 4.78 is 9.34. The molecule has 1 aromatic heterocycles. The van der Waals surface area contributed by atoms with E-state index in [4.69, 9.17) is 49.7 Å². The molecule has 1 aliphatic heterocycles. The average molecular weight is 478 g/mol. The van der Waals surface area contributed by atoms with E-state index in [9.17, 15) is 15.4 Å². The Kier molecular flexibility index (Phi) is 5.27. The first kappa shape index (κ1) is 21.0. The molecule has 1 aliphatic rings. The molecule has 31 heavy (non-hydrogen) atoms. The second-order valence-electron chi connectivity index (χ2n) is 6.50. The first-order valence-corrected chi connectivity index (χ1v) is 9.83. The smallest absolute Gasteiger partial charge is 0.269 e. The zero-order chi connectivity index (χ0) is 22.3. The number of allylic oxidation sites excluding steroid dienone is 3. The fraction of sp³-hybridized carbons (Fsp3) is 0.100. The zero-order valence-electron chi connectivity index (χ0n) is 15.4. The zero-order valence-corrected chi connectivity index (χ0v) is 17.6. The van der Waals surface area contributed by atoms with Crippen molar-refractivity contribution in [1.29, 1.82) is 5.26 Å². The molecule has 1 atom stereocenters. The highest BCUT2D eigenvalue weighted by atomic mass is 35.6. The third kappa shape index (κ3) is 3.79. The summed E-state index contributed by atoms with van der Waals surface area (Å²) >= 11 is 18.5. The van der Waals surface area contributed by atoms with Crippen molar-refractivity contribution < 1.29 is 14.1 Å². The predicted octanol–water partition coefficient (Wildman–Crippen LogP) is 5.33. The molecular formula is C20H11Cl3N4O4. The molecule has 0 bridgehead atoms. The summed E-state index contributed by atoms with van der Waals surface area (Å²) in [6, 6.07) is 14.6. The maximum absolute atomic E-state index is 11.0. The van der Waals surface area contributed by atoms with Crippen molar-refractivity contribution in [3.63, 3.8) is 0 Å². The van der Waals surface area contributed by atoms with Gasteiger partial charge in [0.15, 0.2) is 11.3 Å². The summed E-state index contributed by atoms with van der Waals surface area (Å²) in [7, 11) is 0. The Morgan fingerprint density at radius 3 is 2.42 bits per heavy atom. The Balaban J connectivity index is 2.00. The summed E-state index contributed by atoms with van der Waals surface area (Å²) in [6.45, 7) is 0. The minimum Gasteiger partial charge on any atom is -0.440 e. The molecule has 156 valence electrons. The normalized spacial score (nSPS) is 16.9. The van der Waals surface area contributed by atoms with Gasteiger partial charge in [0.25, 0.3) is 5.69 Å². The van der Waals surface area contributed by atoms with Crippen molar-refractivity contribution in [2.45, 2.75) is 9.71 Å². The lowest BCUT2D eigenvalue weighted by Crippen LogP contribution is -2.26. The number of rotatable bonds is 3. The number of halogens is 3. The highest BCUT2D eigenvalue weighted by Crippen LogP contribution is 2.51. The number of alkyl halides is 3. The largest absolute Gasteiger partial charge is 0.440 e. The molecule has 0 radical (unpaired) electrons. The Labute approximate surface area is 190 Å². The van der Waals surface area contributed by atoms with Gasteiger partial charge in [0.1, 0.15) is 17.2 Å². The number of non-ortho nitro benzene ring substituents is 1. The molecule has 8 nitrogen and oxygen atoms in total. The van der Waals surface area contributed by atoms with E-state index < -0.39 is 14.6 Å². The lowest BCUT2D eigenvalue weighted by atomic mass is 9.83. The van der Waals surface area contributed by atoms with E-state index in [1.807, 2.05) is 6.07 Å². The quantitative estimate of drug-likeness (QED) is 0.307. The molecule has 0 saturated heterocycles. The van der Waals surface area contributed by atoms with Crippen LogP contribution in [0.25, 0.3) is 16.7 Å². The van der Waals surface area contributed by atoms with Gasteiger partial charge >= 0.3 is 0 Å². The third-order valence-corrected chi connectivity index (χ3v) is 5.15. The van der Waals surface area contributed by atoms with Gasteiger partial charge in [-0.05, 0) is 17.7 Å². The van der Waals surface area contributed by atoms with Crippen molar-refractivity contribution in [3.8, 4) is 6.07 Å². The number of para-hydroxylation sites is 2. The maximum atomic E-state index is 11.0. The van der Waals surface area contributed by atoms with Gasteiger partial charge in [0.2, 0.25) is 15.6 Å². The van der Waals surface area contributed by atoms with Crippen LogP contribution < -0.4 is 5.73 Å². The first-order chi connectivity index (χ1) is 14.7. The van der Waals surface area contributed by atoms with Crippen LogP contribution in [0, 0.1) is 21.4 Å². The van der Waals surface area contributed by atoms with Crippen LogP contribution in [0.5, 0.6) is 0 Å². The van der Waals surface area contributed by atoms with Gasteiger partial charge in [0, 0.05) is 12.1 Å². The van der Waals surface area contributed by atoms with Gasteiger partial charge in [-0.2, -0.15) is 5.26 Å². The molecule has 0 saturated carbocycles. The summed E-state index contributed by atoms with van der Waals surface area (Å²) in [5, 5.41) is 20.8. The van der Waals surface area contributed by atoms with Gasteiger partial charge in [-0.25, -0.2) is 4.98 Å². The molecule has 0 amide bonds. The van der Waals surface area contributed by atoms with Crippen LogP contribution in [0.2, 0.25) is 0 Å². The van der Waals surface area contributed by atoms with Gasteiger partial charge in [-0.3, -0.25) is 10.1 Å².